The third-order valence-corrected chi connectivity index (χ3v) is 7.20. The number of nitrogens with one attached hydrogen (secondary N) is 2. The number of carbonyl (C=O) groups is 1. The van der Waals surface area contributed by atoms with Crippen LogP contribution in [0.5, 0.6) is 0 Å². The molecule has 5 aromatic rings. The minimum Gasteiger partial charge on any atom is -0.450 e. The first-order valence-corrected chi connectivity index (χ1v) is 14.5. The maximum absolute atomic E-state index is 12.2. The molecule has 0 bridgehead atoms. The predicted octanol–water partition coefficient (Wildman–Crippen LogP) is 5.94. The van der Waals surface area contributed by atoms with E-state index in [4.69, 9.17) is 14.7 Å². The number of rotatable bonds is 8. The van der Waals surface area contributed by atoms with Crippen molar-refractivity contribution in [3.63, 3.8) is 0 Å². The second-order valence-corrected chi connectivity index (χ2v) is 11.0. The molecule has 0 atom stereocenters. The number of carbonyl (C=O) groups excluding carboxylic acids is 1. The summed E-state index contributed by atoms with van der Waals surface area (Å²) >= 11 is 0. The van der Waals surface area contributed by atoms with Gasteiger partial charge in [0.05, 0.1) is 28.6 Å². The van der Waals surface area contributed by atoms with Gasteiger partial charge in [-0.3, -0.25) is 5.32 Å². The SMILES string of the molecule is CCOC(=O)Nc1cc(NCc2ccc(S(C)(=O)=O)cc2)c2nc(-c3ccccc3)c(-c3ccccc3)nc2n1. The molecule has 2 aromatic heterocycles. The molecule has 0 spiro atoms. The number of hydrogen-bond acceptors (Lipinski definition) is 8. The van der Waals surface area contributed by atoms with Crippen molar-refractivity contribution < 1.29 is 17.9 Å². The summed E-state index contributed by atoms with van der Waals surface area (Å²) in [4.78, 5) is 27.0. The molecule has 2 N–H and O–H groups in total. The lowest BCUT2D eigenvalue weighted by molar-refractivity contribution is 0.168. The second kappa shape index (κ2) is 11.5. The van der Waals surface area contributed by atoms with Crippen LogP contribution in [-0.4, -0.2) is 42.3 Å². The molecular formula is C30H27N5O4S. The van der Waals surface area contributed by atoms with Gasteiger partial charge in [-0.2, -0.15) is 0 Å². The van der Waals surface area contributed by atoms with Gasteiger partial charge in [-0.25, -0.2) is 28.2 Å². The summed E-state index contributed by atoms with van der Waals surface area (Å²) < 4.78 is 28.7. The van der Waals surface area contributed by atoms with Crippen LogP contribution in [0.1, 0.15) is 12.5 Å². The molecule has 40 heavy (non-hydrogen) atoms. The number of nitrogens with zero attached hydrogens (tertiary/aromatic N) is 3. The second-order valence-electron chi connectivity index (χ2n) is 9.00. The molecular weight excluding hydrogens is 526 g/mol. The van der Waals surface area contributed by atoms with Gasteiger partial charge in [0.15, 0.2) is 15.5 Å². The standard InChI is InChI=1S/C30H27N5O4S/c1-3-39-30(36)33-25-18-24(31-19-20-14-16-23(17-15-20)40(2,37)38)28-29(32-25)35-27(22-12-8-5-9-13-22)26(34-28)21-10-6-4-7-11-21/h4-18H,3,19H2,1-2H3,(H2,31,32,33,35,36). The predicted molar refractivity (Wildman–Crippen MR) is 156 cm³/mol. The Bertz CT molecular complexity index is 1760. The molecule has 9 nitrogen and oxygen atoms in total. The summed E-state index contributed by atoms with van der Waals surface area (Å²) in [7, 11) is -3.29. The summed E-state index contributed by atoms with van der Waals surface area (Å²) in [5.41, 5.74) is 5.41. The van der Waals surface area contributed by atoms with Gasteiger partial charge in [-0.05, 0) is 24.6 Å². The zero-order valence-corrected chi connectivity index (χ0v) is 22.8. The Labute approximate surface area is 232 Å². The van der Waals surface area contributed by atoms with E-state index in [-0.39, 0.29) is 17.3 Å². The fourth-order valence-electron chi connectivity index (χ4n) is 4.15. The molecule has 3 aromatic carbocycles. The molecule has 0 aliphatic rings. The summed E-state index contributed by atoms with van der Waals surface area (Å²) in [6, 6.07) is 27.8. The number of aromatic nitrogens is 3. The van der Waals surface area contributed by atoms with Gasteiger partial charge in [0.1, 0.15) is 11.3 Å². The molecule has 1 amide bonds. The van der Waals surface area contributed by atoms with E-state index >= 15 is 0 Å². The van der Waals surface area contributed by atoms with E-state index in [1.54, 1.807) is 37.3 Å². The van der Waals surface area contributed by atoms with Crippen molar-refractivity contribution in [3.05, 3.63) is 96.6 Å². The third kappa shape index (κ3) is 6.08. The summed E-state index contributed by atoms with van der Waals surface area (Å²) in [6.45, 7) is 2.30. The lowest BCUT2D eigenvalue weighted by Gasteiger charge is -2.15. The van der Waals surface area contributed by atoms with Crippen molar-refractivity contribution >= 4 is 38.6 Å². The Morgan fingerprint density at radius 1 is 0.825 bits per heavy atom. The maximum atomic E-state index is 12.2. The number of amides is 1. The number of hydrogen-bond donors (Lipinski definition) is 2. The van der Waals surface area contributed by atoms with Gasteiger partial charge in [0.2, 0.25) is 0 Å². The molecule has 0 saturated carbocycles. The number of pyridine rings is 1. The average molecular weight is 554 g/mol. The van der Waals surface area contributed by atoms with E-state index in [1.807, 2.05) is 60.7 Å². The molecule has 5 rings (SSSR count). The number of benzene rings is 3. The van der Waals surface area contributed by atoms with Crippen LogP contribution in [0.2, 0.25) is 0 Å². The van der Waals surface area contributed by atoms with Gasteiger partial charge in [-0.15, -0.1) is 0 Å². The van der Waals surface area contributed by atoms with Crippen molar-refractivity contribution in [1.29, 1.82) is 0 Å². The van der Waals surface area contributed by atoms with Crippen molar-refractivity contribution in [2.45, 2.75) is 18.4 Å². The molecule has 0 radical (unpaired) electrons. The van der Waals surface area contributed by atoms with Crippen molar-refractivity contribution in [3.8, 4) is 22.5 Å². The molecule has 202 valence electrons. The Balaban J connectivity index is 1.62. The molecule has 2 heterocycles. The highest BCUT2D eigenvalue weighted by molar-refractivity contribution is 7.90. The van der Waals surface area contributed by atoms with E-state index < -0.39 is 15.9 Å². The normalized spacial score (nSPS) is 11.2. The monoisotopic (exact) mass is 553 g/mol. The summed E-state index contributed by atoms with van der Waals surface area (Å²) in [6.07, 6.45) is 0.544. The Morgan fingerprint density at radius 2 is 1.43 bits per heavy atom. The maximum Gasteiger partial charge on any atom is 0.412 e. The van der Waals surface area contributed by atoms with Crippen LogP contribution in [0, 0.1) is 0 Å². The van der Waals surface area contributed by atoms with Crippen molar-refractivity contribution in [2.75, 3.05) is 23.5 Å². The lowest BCUT2D eigenvalue weighted by atomic mass is 10.0. The van der Waals surface area contributed by atoms with Crippen LogP contribution in [0.3, 0.4) is 0 Å². The number of ether oxygens (including phenoxy) is 1. The molecule has 10 heteroatoms. The van der Waals surface area contributed by atoms with E-state index in [0.29, 0.717) is 34.8 Å². The minimum absolute atomic E-state index is 0.215. The quantitative estimate of drug-likeness (QED) is 0.242. The van der Waals surface area contributed by atoms with Gasteiger partial charge in [0, 0.05) is 30.0 Å². The Hall–Kier alpha value is -4.83. The highest BCUT2D eigenvalue weighted by atomic mass is 32.2. The largest absolute Gasteiger partial charge is 0.450 e. The highest BCUT2D eigenvalue weighted by Gasteiger charge is 2.18. The third-order valence-electron chi connectivity index (χ3n) is 6.07. The summed E-state index contributed by atoms with van der Waals surface area (Å²) in [5, 5.41) is 6.02. The number of sulfone groups is 1. The zero-order valence-electron chi connectivity index (χ0n) is 22.0. The fourth-order valence-corrected chi connectivity index (χ4v) is 4.78. The van der Waals surface area contributed by atoms with Crippen LogP contribution in [-0.2, 0) is 21.1 Å². The highest BCUT2D eigenvalue weighted by Crippen LogP contribution is 2.33. The topological polar surface area (TPSA) is 123 Å². The zero-order chi connectivity index (χ0) is 28.1. The smallest absolute Gasteiger partial charge is 0.412 e. The summed E-state index contributed by atoms with van der Waals surface area (Å²) in [5.74, 6) is 0.252. The van der Waals surface area contributed by atoms with Crippen molar-refractivity contribution in [1.82, 2.24) is 15.0 Å². The molecule has 0 fully saturated rings. The van der Waals surface area contributed by atoms with E-state index in [9.17, 15) is 13.2 Å². The van der Waals surface area contributed by atoms with Crippen LogP contribution >= 0.6 is 0 Å². The van der Waals surface area contributed by atoms with Gasteiger partial charge < -0.3 is 10.1 Å². The lowest BCUT2D eigenvalue weighted by Crippen LogP contribution is -2.15. The minimum atomic E-state index is -3.29. The van der Waals surface area contributed by atoms with E-state index in [1.165, 1.54) is 6.26 Å². The van der Waals surface area contributed by atoms with Crippen LogP contribution < -0.4 is 10.6 Å². The first-order chi connectivity index (χ1) is 19.3. The first kappa shape index (κ1) is 26.8. The Kier molecular flexibility index (Phi) is 7.70. The van der Waals surface area contributed by atoms with Crippen LogP contribution in [0.4, 0.5) is 16.3 Å². The molecule has 0 aliphatic carbocycles. The first-order valence-electron chi connectivity index (χ1n) is 12.6. The molecule has 0 aliphatic heterocycles. The van der Waals surface area contributed by atoms with Crippen LogP contribution in [0.25, 0.3) is 33.7 Å². The molecule has 0 unspecified atom stereocenters. The van der Waals surface area contributed by atoms with Crippen molar-refractivity contribution in [2.24, 2.45) is 0 Å². The van der Waals surface area contributed by atoms with Crippen LogP contribution in [0.15, 0.2) is 95.9 Å². The number of fused-ring (bicyclic) bond motifs is 1. The Morgan fingerprint density at radius 3 is 2.00 bits per heavy atom. The van der Waals surface area contributed by atoms with E-state index in [2.05, 4.69) is 15.6 Å². The van der Waals surface area contributed by atoms with Gasteiger partial charge in [-0.1, -0.05) is 72.8 Å². The fraction of sp³-hybridized carbons (Fsp3) is 0.133. The van der Waals surface area contributed by atoms with Gasteiger partial charge in [0.25, 0.3) is 0 Å². The van der Waals surface area contributed by atoms with Gasteiger partial charge >= 0.3 is 6.09 Å². The number of anilines is 2. The van der Waals surface area contributed by atoms with E-state index in [0.717, 1.165) is 16.7 Å². The average Bonchev–Trinajstić information content (AvgIpc) is 2.96. The molecule has 0 saturated heterocycles.